The SMILES string of the molecule is CN(C)c1cnnc(NCCNS(=O)(=O)c2ccc3oc(=O)[nH]c3c2)c1. The zero-order valence-corrected chi connectivity index (χ0v) is 15.0. The third kappa shape index (κ3) is 4.00. The Morgan fingerprint density at radius 1 is 1.23 bits per heavy atom. The van der Waals surface area contributed by atoms with E-state index in [1.807, 2.05) is 25.1 Å². The first-order valence-electron chi connectivity index (χ1n) is 7.71. The van der Waals surface area contributed by atoms with E-state index in [0.29, 0.717) is 23.5 Å². The molecule has 0 fully saturated rings. The first-order chi connectivity index (χ1) is 12.3. The lowest BCUT2D eigenvalue weighted by Crippen LogP contribution is -2.29. The van der Waals surface area contributed by atoms with Crippen LogP contribution in [-0.2, 0) is 10.0 Å². The molecule has 3 rings (SSSR count). The van der Waals surface area contributed by atoms with E-state index in [1.165, 1.54) is 18.2 Å². The van der Waals surface area contributed by atoms with E-state index in [-0.39, 0.29) is 11.4 Å². The highest BCUT2D eigenvalue weighted by Gasteiger charge is 2.15. The fourth-order valence-electron chi connectivity index (χ4n) is 2.24. The molecule has 3 aromatic rings. The summed E-state index contributed by atoms with van der Waals surface area (Å²) in [5.41, 5.74) is 1.51. The predicted octanol–water partition coefficient (Wildman–Crippen LogP) is 0.368. The predicted molar refractivity (Wildman–Crippen MR) is 96.9 cm³/mol. The summed E-state index contributed by atoms with van der Waals surface area (Å²) in [4.78, 5) is 15.5. The van der Waals surface area contributed by atoms with Gasteiger partial charge in [-0.3, -0.25) is 4.98 Å². The minimum absolute atomic E-state index is 0.0384. The summed E-state index contributed by atoms with van der Waals surface area (Å²) in [7, 11) is 0.0593. The standard InChI is InChI=1S/C15H18N6O4S/c1-21(2)10-7-14(20-17-9-10)16-5-6-18-26(23,24)11-3-4-13-12(8-11)19-15(22)25-13/h3-4,7-9,18H,5-6H2,1-2H3,(H,16,20)(H,19,22). The largest absolute Gasteiger partial charge is 0.417 e. The Morgan fingerprint density at radius 2 is 2.04 bits per heavy atom. The summed E-state index contributed by atoms with van der Waals surface area (Å²) in [6, 6.07) is 5.97. The molecule has 0 saturated carbocycles. The highest BCUT2D eigenvalue weighted by Crippen LogP contribution is 2.16. The van der Waals surface area contributed by atoms with Crippen LogP contribution < -0.4 is 20.7 Å². The highest BCUT2D eigenvalue weighted by atomic mass is 32.2. The number of hydrogen-bond donors (Lipinski definition) is 3. The lowest BCUT2D eigenvalue weighted by atomic mass is 10.3. The normalized spacial score (nSPS) is 11.6. The van der Waals surface area contributed by atoms with Crippen molar-refractivity contribution in [3.05, 3.63) is 41.0 Å². The molecule has 0 saturated heterocycles. The van der Waals surface area contributed by atoms with Crippen LogP contribution in [0.5, 0.6) is 0 Å². The maximum absolute atomic E-state index is 12.3. The van der Waals surface area contributed by atoms with Gasteiger partial charge in [0.15, 0.2) is 11.4 Å². The minimum atomic E-state index is -3.72. The molecule has 0 aliphatic carbocycles. The number of nitrogens with zero attached hydrogens (tertiary/aromatic N) is 3. The molecule has 0 amide bonds. The van der Waals surface area contributed by atoms with E-state index in [4.69, 9.17) is 4.42 Å². The number of H-pyrrole nitrogens is 1. The van der Waals surface area contributed by atoms with Gasteiger partial charge in [-0.25, -0.2) is 17.9 Å². The van der Waals surface area contributed by atoms with Gasteiger partial charge in [0.05, 0.1) is 22.3 Å². The van der Waals surface area contributed by atoms with Gasteiger partial charge in [0.25, 0.3) is 0 Å². The molecule has 2 aromatic heterocycles. The second kappa shape index (κ2) is 7.14. The number of sulfonamides is 1. The Bertz CT molecular complexity index is 1070. The van der Waals surface area contributed by atoms with Crippen LogP contribution in [0, 0.1) is 0 Å². The maximum Gasteiger partial charge on any atom is 0.417 e. The summed E-state index contributed by atoms with van der Waals surface area (Å²) in [6.45, 7) is 0.478. The molecule has 0 spiro atoms. The second-order valence-electron chi connectivity index (χ2n) is 5.69. The molecule has 0 atom stereocenters. The van der Waals surface area contributed by atoms with Crippen LogP contribution in [0.15, 0.2) is 44.6 Å². The third-order valence-electron chi connectivity index (χ3n) is 3.58. The van der Waals surface area contributed by atoms with Crippen LogP contribution in [0.25, 0.3) is 11.1 Å². The highest BCUT2D eigenvalue weighted by molar-refractivity contribution is 7.89. The third-order valence-corrected chi connectivity index (χ3v) is 5.04. The van der Waals surface area contributed by atoms with Gasteiger partial charge in [0.1, 0.15) is 0 Å². The van der Waals surface area contributed by atoms with Crippen molar-refractivity contribution >= 4 is 32.6 Å². The molecule has 0 bridgehead atoms. The van der Waals surface area contributed by atoms with Crippen molar-refractivity contribution in [2.24, 2.45) is 0 Å². The molecule has 0 aliphatic rings. The maximum atomic E-state index is 12.3. The molecule has 1 aromatic carbocycles. The molecule has 26 heavy (non-hydrogen) atoms. The number of anilines is 2. The summed E-state index contributed by atoms with van der Waals surface area (Å²) in [6.07, 6.45) is 1.63. The van der Waals surface area contributed by atoms with E-state index in [1.54, 1.807) is 6.20 Å². The van der Waals surface area contributed by atoms with Crippen LogP contribution in [0.4, 0.5) is 11.5 Å². The Labute approximate surface area is 149 Å². The fraction of sp³-hybridized carbons (Fsp3) is 0.267. The number of rotatable bonds is 7. The van der Waals surface area contributed by atoms with Gasteiger partial charge < -0.3 is 14.6 Å². The first kappa shape index (κ1) is 17.9. The molecule has 0 unspecified atom stereocenters. The van der Waals surface area contributed by atoms with Crippen LogP contribution in [0.1, 0.15) is 0 Å². The van der Waals surface area contributed by atoms with Crippen molar-refractivity contribution in [2.45, 2.75) is 4.90 Å². The zero-order chi connectivity index (χ0) is 18.7. The van der Waals surface area contributed by atoms with E-state index in [9.17, 15) is 13.2 Å². The van der Waals surface area contributed by atoms with Crippen molar-refractivity contribution < 1.29 is 12.8 Å². The zero-order valence-electron chi connectivity index (χ0n) is 14.2. The van der Waals surface area contributed by atoms with Crippen molar-refractivity contribution in [3.63, 3.8) is 0 Å². The molecule has 0 radical (unpaired) electrons. The lowest BCUT2D eigenvalue weighted by Gasteiger charge is -2.13. The Balaban J connectivity index is 1.61. The summed E-state index contributed by atoms with van der Waals surface area (Å²) in [5, 5.41) is 10.8. The molecule has 2 heterocycles. The summed E-state index contributed by atoms with van der Waals surface area (Å²) in [5.74, 6) is -0.0828. The summed E-state index contributed by atoms with van der Waals surface area (Å²) >= 11 is 0. The molecule has 0 aliphatic heterocycles. The van der Waals surface area contributed by atoms with Crippen LogP contribution in [-0.4, -0.2) is 50.8 Å². The fourth-order valence-corrected chi connectivity index (χ4v) is 3.30. The Hall–Kier alpha value is -2.92. The van der Waals surface area contributed by atoms with E-state index in [0.717, 1.165) is 5.69 Å². The molecular weight excluding hydrogens is 360 g/mol. The van der Waals surface area contributed by atoms with E-state index < -0.39 is 15.8 Å². The smallest absolute Gasteiger partial charge is 0.408 e. The van der Waals surface area contributed by atoms with Gasteiger partial charge >= 0.3 is 5.76 Å². The monoisotopic (exact) mass is 378 g/mol. The van der Waals surface area contributed by atoms with Crippen molar-refractivity contribution in [1.29, 1.82) is 0 Å². The van der Waals surface area contributed by atoms with Crippen molar-refractivity contribution in [3.8, 4) is 0 Å². The molecule has 3 N–H and O–H groups in total. The number of nitrogens with one attached hydrogen (secondary N) is 3. The van der Waals surface area contributed by atoms with E-state index in [2.05, 4.69) is 25.2 Å². The first-order valence-corrected chi connectivity index (χ1v) is 9.20. The van der Waals surface area contributed by atoms with Gasteiger partial charge in [0, 0.05) is 33.3 Å². The Morgan fingerprint density at radius 3 is 2.81 bits per heavy atom. The Kier molecular flexibility index (Phi) is 4.91. The second-order valence-corrected chi connectivity index (χ2v) is 7.46. The van der Waals surface area contributed by atoms with Crippen LogP contribution >= 0.6 is 0 Å². The van der Waals surface area contributed by atoms with E-state index >= 15 is 0 Å². The summed E-state index contributed by atoms with van der Waals surface area (Å²) < 4.78 is 32.0. The quantitative estimate of drug-likeness (QED) is 0.502. The number of benzene rings is 1. The average molecular weight is 378 g/mol. The molecule has 10 nitrogen and oxygen atoms in total. The number of fused-ring (bicyclic) bond motifs is 1. The number of aromatic nitrogens is 3. The molecular formula is C15H18N6O4S. The lowest BCUT2D eigenvalue weighted by molar-refractivity contribution is 0.555. The van der Waals surface area contributed by atoms with Gasteiger partial charge in [-0.1, -0.05) is 0 Å². The topological polar surface area (TPSA) is 133 Å². The number of aromatic amines is 1. The van der Waals surface area contributed by atoms with Gasteiger partial charge in [-0.15, -0.1) is 5.10 Å². The minimum Gasteiger partial charge on any atom is -0.408 e. The van der Waals surface area contributed by atoms with Crippen molar-refractivity contribution in [2.75, 3.05) is 37.4 Å². The molecule has 11 heteroatoms. The van der Waals surface area contributed by atoms with Crippen molar-refractivity contribution in [1.82, 2.24) is 19.9 Å². The average Bonchev–Trinajstić information content (AvgIpc) is 2.98. The van der Waals surface area contributed by atoms with Crippen LogP contribution in [0.3, 0.4) is 0 Å². The van der Waals surface area contributed by atoms with Gasteiger partial charge in [0.2, 0.25) is 10.0 Å². The van der Waals surface area contributed by atoms with Gasteiger partial charge in [-0.2, -0.15) is 5.10 Å². The van der Waals surface area contributed by atoms with Gasteiger partial charge in [-0.05, 0) is 18.2 Å². The van der Waals surface area contributed by atoms with Crippen LogP contribution in [0.2, 0.25) is 0 Å². The number of oxazole rings is 1. The number of hydrogen-bond acceptors (Lipinski definition) is 8. The molecule has 138 valence electrons.